The van der Waals surface area contributed by atoms with Crippen LogP contribution in [-0.2, 0) is 10.2 Å². The van der Waals surface area contributed by atoms with Gasteiger partial charge in [-0.2, -0.15) is 12.7 Å². The summed E-state index contributed by atoms with van der Waals surface area (Å²) in [6.07, 6.45) is 2.30. The minimum Gasteiger partial charge on any atom is -0.476 e. The van der Waals surface area contributed by atoms with Crippen molar-refractivity contribution in [1.29, 1.82) is 0 Å². The predicted octanol–water partition coefficient (Wildman–Crippen LogP) is 1.41. The fourth-order valence-corrected chi connectivity index (χ4v) is 4.14. The number of nitrogens with one attached hydrogen (secondary N) is 1. The average molecular weight is 313 g/mol. The Balaban J connectivity index is 2.24. The normalized spacial score (nSPS) is 23.7. The van der Waals surface area contributed by atoms with Gasteiger partial charge in [-0.05, 0) is 30.4 Å². The van der Waals surface area contributed by atoms with Crippen molar-refractivity contribution >= 4 is 21.9 Å². The van der Waals surface area contributed by atoms with E-state index >= 15 is 0 Å². The molecule has 0 saturated carbocycles. The third-order valence-electron chi connectivity index (χ3n) is 3.42. The molecule has 1 aromatic rings. The summed E-state index contributed by atoms with van der Waals surface area (Å²) in [6, 6.07) is 2.89. The van der Waals surface area contributed by atoms with Crippen LogP contribution in [-0.4, -0.2) is 41.9 Å². The number of carboxylic acids is 1. The molecule has 7 nitrogen and oxygen atoms in total. The molecule has 0 bridgehead atoms. The number of pyridine rings is 1. The Morgan fingerprint density at radius 3 is 2.57 bits per heavy atom. The number of carboxylic acid groups (broad SMARTS) is 1. The van der Waals surface area contributed by atoms with E-state index in [2.05, 4.69) is 9.71 Å². The number of aromatic carboxylic acids is 1. The van der Waals surface area contributed by atoms with Crippen LogP contribution in [0.2, 0.25) is 0 Å². The third kappa shape index (κ3) is 3.70. The maximum Gasteiger partial charge on any atom is 0.356 e. The van der Waals surface area contributed by atoms with Crippen molar-refractivity contribution < 1.29 is 18.3 Å². The highest BCUT2D eigenvalue weighted by Crippen LogP contribution is 2.24. The van der Waals surface area contributed by atoms with E-state index in [1.54, 1.807) is 0 Å². The number of piperidine rings is 1. The molecular formula is C13H19N3O4S. The maximum absolute atomic E-state index is 12.4. The van der Waals surface area contributed by atoms with Crippen LogP contribution in [0.4, 0.5) is 5.69 Å². The van der Waals surface area contributed by atoms with E-state index in [0.717, 1.165) is 6.42 Å². The molecule has 8 heteroatoms. The lowest BCUT2D eigenvalue weighted by Gasteiger charge is -2.34. The molecule has 2 atom stereocenters. The largest absolute Gasteiger partial charge is 0.476 e. The molecule has 0 aromatic carbocycles. The molecule has 2 rings (SSSR count). The Bertz CT molecular complexity index is 622. The van der Waals surface area contributed by atoms with Crippen molar-refractivity contribution in [3.05, 3.63) is 24.0 Å². The molecule has 0 amide bonds. The van der Waals surface area contributed by atoms with Crippen molar-refractivity contribution in [3.8, 4) is 0 Å². The van der Waals surface area contributed by atoms with Gasteiger partial charge in [-0.3, -0.25) is 4.72 Å². The highest BCUT2D eigenvalue weighted by molar-refractivity contribution is 7.90. The monoisotopic (exact) mass is 313 g/mol. The van der Waals surface area contributed by atoms with Crippen LogP contribution in [0.3, 0.4) is 0 Å². The van der Waals surface area contributed by atoms with E-state index in [4.69, 9.17) is 5.11 Å². The first-order valence-electron chi connectivity index (χ1n) is 6.76. The quantitative estimate of drug-likeness (QED) is 0.875. The van der Waals surface area contributed by atoms with Gasteiger partial charge in [0.25, 0.3) is 0 Å². The van der Waals surface area contributed by atoms with E-state index in [0.29, 0.717) is 13.1 Å². The van der Waals surface area contributed by atoms with Gasteiger partial charge >= 0.3 is 16.2 Å². The zero-order valence-corrected chi connectivity index (χ0v) is 12.8. The Kier molecular flexibility index (Phi) is 4.48. The van der Waals surface area contributed by atoms with Crippen LogP contribution in [0, 0.1) is 11.8 Å². The molecule has 1 fully saturated rings. The Morgan fingerprint density at radius 2 is 2.00 bits per heavy atom. The van der Waals surface area contributed by atoms with Crippen LogP contribution < -0.4 is 4.72 Å². The summed E-state index contributed by atoms with van der Waals surface area (Å²) in [5, 5.41) is 9.05. The minimum atomic E-state index is -3.78. The van der Waals surface area contributed by atoms with Gasteiger partial charge in [0.15, 0.2) is 5.69 Å². The molecule has 21 heavy (non-hydrogen) atoms. The Labute approximate surface area is 124 Å². The average Bonchev–Trinajstić information content (AvgIpc) is 2.37. The molecule has 0 aliphatic carbocycles. The Morgan fingerprint density at radius 1 is 1.38 bits per heavy atom. The molecule has 2 N–H and O–H groups in total. The summed E-state index contributed by atoms with van der Waals surface area (Å²) in [5.74, 6) is -0.718. The summed E-state index contributed by atoms with van der Waals surface area (Å²) in [7, 11) is -3.78. The smallest absolute Gasteiger partial charge is 0.356 e. The fourth-order valence-electron chi connectivity index (χ4n) is 2.66. The summed E-state index contributed by atoms with van der Waals surface area (Å²) >= 11 is 0. The van der Waals surface area contributed by atoms with Gasteiger partial charge in [0, 0.05) is 19.3 Å². The Hall–Kier alpha value is -1.67. The molecule has 2 unspecified atom stereocenters. The first-order chi connectivity index (χ1) is 9.79. The maximum atomic E-state index is 12.4. The molecule has 0 radical (unpaired) electrons. The van der Waals surface area contributed by atoms with Crippen molar-refractivity contribution in [3.63, 3.8) is 0 Å². The van der Waals surface area contributed by atoms with Crippen LogP contribution in [0.25, 0.3) is 0 Å². The molecule has 1 aromatic heterocycles. The van der Waals surface area contributed by atoms with Gasteiger partial charge in [-0.25, -0.2) is 9.78 Å². The van der Waals surface area contributed by atoms with Crippen LogP contribution in [0.1, 0.15) is 30.8 Å². The summed E-state index contributed by atoms with van der Waals surface area (Å²) in [4.78, 5) is 14.8. The second-order valence-corrected chi connectivity index (χ2v) is 7.25. The second kappa shape index (κ2) is 5.98. The summed E-state index contributed by atoms with van der Waals surface area (Å²) in [6.45, 7) is 4.88. The highest BCUT2D eigenvalue weighted by atomic mass is 32.2. The molecule has 1 saturated heterocycles. The second-order valence-electron chi connectivity index (χ2n) is 5.57. The molecule has 0 spiro atoms. The first-order valence-corrected chi connectivity index (χ1v) is 8.20. The molecule has 2 heterocycles. The highest BCUT2D eigenvalue weighted by Gasteiger charge is 2.31. The van der Waals surface area contributed by atoms with Crippen molar-refractivity contribution in [2.24, 2.45) is 11.8 Å². The van der Waals surface area contributed by atoms with Gasteiger partial charge in [0.1, 0.15) is 0 Å². The number of hydrogen-bond donors (Lipinski definition) is 2. The van der Waals surface area contributed by atoms with Crippen LogP contribution in [0.15, 0.2) is 18.3 Å². The van der Waals surface area contributed by atoms with E-state index in [1.807, 2.05) is 13.8 Å². The van der Waals surface area contributed by atoms with Gasteiger partial charge in [-0.15, -0.1) is 0 Å². The molecule has 1 aliphatic heterocycles. The predicted molar refractivity (Wildman–Crippen MR) is 78.3 cm³/mol. The standard InChI is InChI=1S/C13H19N3O4S/c1-9-6-10(2)8-16(7-9)21(19,20)15-11-4-3-5-14-12(11)13(17)18/h3-5,9-10,15H,6-8H2,1-2H3,(H,17,18). The van der Waals surface area contributed by atoms with E-state index in [9.17, 15) is 13.2 Å². The zero-order chi connectivity index (χ0) is 15.6. The lowest BCUT2D eigenvalue weighted by Crippen LogP contribution is -2.45. The van der Waals surface area contributed by atoms with Crippen molar-refractivity contribution in [1.82, 2.24) is 9.29 Å². The minimum absolute atomic E-state index is 0.0177. The topological polar surface area (TPSA) is 99.6 Å². The van der Waals surface area contributed by atoms with Crippen LogP contribution >= 0.6 is 0 Å². The lowest BCUT2D eigenvalue weighted by atomic mass is 9.94. The number of nitrogens with zero attached hydrogens (tertiary/aromatic N) is 2. The molecular weight excluding hydrogens is 294 g/mol. The number of anilines is 1. The van der Waals surface area contributed by atoms with E-state index in [-0.39, 0.29) is 23.2 Å². The van der Waals surface area contributed by atoms with Crippen LogP contribution in [0.5, 0.6) is 0 Å². The lowest BCUT2D eigenvalue weighted by molar-refractivity contribution is 0.0692. The third-order valence-corrected chi connectivity index (χ3v) is 4.88. The van der Waals surface area contributed by atoms with E-state index < -0.39 is 16.2 Å². The molecule has 1 aliphatic rings. The van der Waals surface area contributed by atoms with Gasteiger partial charge in [-0.1, -0.05) is 13.8 Å². The SMILES string of the molecule is CC1CC(C)CN(S(=O)(=O)Nc2cccnc2C(=O)O)C1. The van der Waals surface area contributed by atoms with E-state index in [1.165, 1.54) is 22.6 Å². The zero-order valence-electron chi connectivity index (χ0n) is 12.0. The first kappa shape index (κ1) is 15.7. The van der Waals surface area contributed by atoms with Crippen molar-refractivity contribution in [2.75, 3.05) is 17.8 Å². The fraction of sp³-hybridized carbons (Fsp3) is 0.538. The summed E-state index contributed by atoms with van der Waals surface area (Å²) in [5.41, 5.74) is -0.324. The molecule has 116 valence electrons. The summed E-state index contributed by atoms with van der Waals surface area (Å²) < 4.78 is 28.5. The van der Waals surface area contributed by atoms with Gasteiger partial charge in [0.2, 0.25) is 0 Å². The van der Waals surface area contributed by atoms with Gasteiger partial charge < -0.3 is 5.11 Å². The number of aromatic nitrogens is 1. The van der Waals surface area contributed by atoms with Gasteiger partial charge in [0.05, 0.1) is 5.69 Å². The number of rotatable bonds is 4. The number of hydrogen-bond acceptors (Lipinski definition) is 4. The van der Waals surface area contributed by atoms with Crippen molar-refractivity contribution in [2.45, 2.75) is 20.3 Å². The number of carbonyl (C=O) groups is 1.